The van der Waals surface area contributed by atoms with Crippen molar-refractivity contribution in [3.8, 4) is 28.5 Å². The number of likely N-dealkylation sites (tertiary alicyclic amines) is 1. The molecule has 1 saturated heterocycles. The largest absolute Gasteiger partial charge is 0.475 e. The van der Waals surface area contributed by atoms with E-state index in [1.165, 1.54) is 17.6 Å². The number of H-pyrrole nitrogens is 2. The third-order valence-electron chi connectivity index (χ3n) is 8.73. The summed E-state index contributed by atoms with van der Waals surface area (Å²) >= 11 is 1.91. The summed E-state index contributed by atoms with van der Waals surface area (Å²) < 4.78 is 5.56. The van der Waals surface area contributed by atoms with Gasteiger partial charge in [-0.3, -0.25) is 19.9 Å². The Morgan fingerprint density at radius 1 is 1.06 bits per heavy atom. The third-order valence-corrected chi connectivity index (χ3v) is 9.78. The molecule has 5 N–H and O–H groups in total. The van der Waals surface area contributed by atoms with Gasteiger partial charge in [-0.15, -0.1) is 5.10 Å². The lowest BCUT2D eigenvalue weighted by Crippen LogP contribution is -2.41. The normalized spacial score (nSPS) is 15.8. The van der Waals surface area contributed by atoms with Crippen LogP contribution in [-0.4, -0.2) is 110 Å². The van der Waals surface area contributed by atoms with Crippen LogP contribution < -0.4 is 15.8 Å². The number of hydrogen-bond donors (Lipinski definition) is 4. The van der Waals surface area contributed by atoms with E-state index in [9.17, 15) is 4.79 Å². The van der Waals surface area contributed by atoms with E-state index in [1.807, 2.05) is 80.7 Å². The zero-order chi connectivity index (χ0) is 36.3. The maximum absolute atomic E-state index is 12.6. The topological polar surface area (TPSA) is 171 Å². The zero-order valence-corrected chi connectivity index (χ0v) is 30.4. The molecule has 0 saturated carbocycles. The summed E-state index contributed by atoms with van der Waals surface area (Å²) in [4.78, 5) is 33.4. The fourth-order valence-corrected chi connectivity index (χ4v) is 6.75. The van der Waals surface area contributed by atoms with Gasteiger partial charge in [-0.2, -0.15) is 21.8 Å². The first-order chi connectivity index (χ1) is 24.8. The van der Waals surface area contributed by atoms with Crippen LogP contribution in [0.2, 0.25) is 0 Å². The minimum atomic E-state index is 0.118. The van der Waals surface area contributed by atoms with Gasteiger partial charge in [0.15, 0.2) is 5.82 Å². The number of benzene rings is 2. The Morgan fingerprint density at radius 2 is 1.82 bits per heavy atom. The molecule has 268 valence electrons. The summed E-state index contributed by atoms with van der Waals surface area (Å²) in [7, 11) is 1.90. The lowest BCUT2D eigenvalue weighted by Gasteiger charge is -2.28. The molecule has 5 heterocycles. The fraction of sp³-hybridized carbons (Fsp3) is 0.351. The van der Waals surface area contributed by atoms with Gasteiger partial charge in [0.05, 0.1) is 18.2 Å². The summed E-state index contributed by atoms with van der Waals surface area (Å²) in [6.45, 7) is 10.1. The number of carbonyl (C=O) groups excluding carboxylic acids is 2. The quantitative estimate of drug-likeness (QED) is 0.155. The van der Waals surface area contributed by atoms with Gasteiger partial charge in [-0.05, 0) is 74.9 Å². The highest BCUT2D eigenvalue weighted by Gasteiger charge is 2.26. The van der Waals surface area contributed by atoms with Gasteiger partial charge >= 0.3 is 0 Å². The highest BCUT2D eigenvalue weighted by Crippen LogP contribution is 2.29. The standard InChI is InChI=1S/C20H26N6OS.C16H18N4O.CH2O/c1-28-17-8-9-25(12-17)13-18(27)26-10-6-15(7-11-26)14-2-4-16(5-3-14)19-22-20(21)24-23-19;1-10(2)21-15-7-4-11(9-18-15)16-13-8-12(17-3)5-6-14(13)19-20-16;1-2/h2-6,17H,7-13H2,1H3,(H3,21,22,23,24);4-10,17H,1-3H3,(H,19,20);1H2/t17-;;/m0../s1. The number of ether oxygens (including phenoxy) is 1. The second kappa shape index (κ2) is 17.6. The molecule has 1 fully saturated rings. The van der Waals surface area contributed by atoms with E-state index in [0.29, 0.717) is 30.0 Å². The van der Waals surface area contributed by atoms with Crippen molar-refractivity contribution in [1.29, 1.82) is 0 Å². The minimum Gasteiger partial charge on any atom is -0.475 e. The number of nitrogens with two attached hydrogens (primary N) is 1. The molecule has 0 aliphatic carbocycles. The molecule has 1 amide bonds. The summed E-state index contributed by atoms with van der Waals surface area (Å²) in [5.41, 5.74) is 12.9. The van der Waals surface area contributed by atoms with E-state index in [0.717, 1.165) is 59.5 Å². The van der Waals surface area contributed by atoms with Crippen LogP contribution in [0.3, 0.4) is 0 Å². The number of aromatic amines is 2. The van der Waals surface area contributed by atoms with Gasteiger partial charge in [-0.1, -0.05) is 30.3 Å². The predicted molar refractivity (Wildman–Crippen MR) is 206 cm³/mol. The summed E-state index contributed by atoms with van der Waals surface area (Å²) in [5.74, 6) is 1.79. The van der Waals surface area contributed by atoms with Gasteiger partial charge in [0, 0.05) is 66.4 Å². The van der Waals surface area contributed by atoms with Crippen molar-refractivity contribution in [3.05, 3.63) is 72.4 Å². The monoisotopic (exact) mass is 710 g/mol. The highest BCUT2D eigenvalue weighted by molar-refractivity contribution is 7.99. The van der Waals surface area contributed by atoms with Gasteiger partial charge in [0.25, 0.3) is 0 Å². The molecule has 1 atom stereocenters. The van der Waals surface area contributed by atoms with Crippen molar-refractivity contribution in [2.75, 3.05) is 57.1 Å². The van der Waals surface area contributed by atoms with Crippen molar-refractivity contribution in [3.63, 3.8) is 0 Å². The molecule has 0 unspecified atom stereocenters. The summed E-state index contributed by atoms with van der Waals surface area (Å²) in [6, 6.07) is 18.2. The predicted octanol–water partition coefficient (Wildman–Crippen LogP) is 5.38. The molecule has 13 nitrogen and oxygen atoms in total. The maximum Gasteiger partial charge on any atom is 0.239 e. The molecule has 7 rings (SSSR count). The van der Waals surface area contributed by atoms with Crippen molar-refractivity contribution < 1.29 is 14.3 Å². The summed E-state index contributed by atoms with van der Waals surface area (Å²) in [6.07, 6.45) is 8.31. The lowest BCUT2D eigenvalue weighted by molar-refractivity contribution is -0.131. The number of pyridine rings is 1. The Balaban J connectivity index is 0.000000196. The van der Waals surface area contributed by atoms with Crippen LogP contribution in [-0.2, 0) is 9.59 Å². The molecule has 5 aromatic rings. The van der Waals surface area contributed by atoms with Crippen LogP contribution in [0, 0.1) is 0 Å². The van der Waals surface area contributed by atoms with Crippen molar-refractivity contribution >= 4 is 52.6 Å². The molecule has 51 heavy (non-hydrogen) atoms. The first kappa shape index (κ1) is 37.1. The second-order valence-electron chi connectivity index (χ2n) is 12.5. The number of nitrogen functional groups attached to an aromatic ring is 1. The first-order valence-electron chi connectivity index (χ1n) is 16.9. The molecule has 2 aliphatic rings. The Morgan fingerprint density at radius 3 is 2.43 bits per heavy atom. The third kappa shape index (κ3) is 9.52. The average molecular weight is 711 g/mol. The van der Waals surface area contributed by atoms with Gasteiger partial charge in [-0.25, -0.2) is 4.98 Å². The van der Waals surface area contributed by atoms with Gasteiger partial charge < -0.3 is 25.5 Å². The Bertz CT molecular complexity index is 1910. The molecule has 2 aromatic carbocycles. The minimum absolute atomic E-state index is 0.118. The summed E-state index contributed by atoms with van der Waals surface area (Å²) in [5, 5.41) is 19.0. The Kier molecular flexibility index (Phi) is 12.8. The van der Waals surface area contributed by atoms with Gasteiger partial charge in [0.2, 0.25) is 17.7 Å². The van der Waals surface area contributed by atoms with Crippen LogP contribution in [0.25, 0.3) is 39.1 Å². The number of carbonyl (C=O) groups is 2. The Hall–Kier alpha value is -5.21. The molecular weight excluding hydrogens is 665 g/mol. The number of nitrogens with zero attached hydrogens (tertiary/aromatic N) is 6. The number of nitrogens with one attached hydrogen (secondary N) is 3. The fourth-order valence-electron chi connectivity index (χ4n) is 6.05. The SMILES string of the molecule is C=O.CNc1ccc2[nH]nc(-c3ccc(OC(C)C)nc3)c2c1.CS[C@H]1CCN(CC(=O)N2CC=C(c3ccc(-c4nc(N)n[nH]4)cc3)CC2)C1. The smallest absolute Gasteiger partial charge is 0.239 e. The number of hydrogen-bond acceptors (Lipinski definition) is 11. The van der Waals surface area contributed by atoms with E-state index in [-0.39, 0.29) is 18.0 Å². The number of anilines is 2. The Labute approximate surface area is 302 Å². The number of fused-ring (bicyclic) bond motifs is 1. The first-order valence-corrected chi connectivity index (χ1v) is 18.2. The van der Waals surface area contributed by atoms with E-state index >= 15 is 0 Å². The number of rotatable bonds is 9. The molecule has 2 aliphatic heterocycles. The maximum atomic E-state index is 12.6. The van der Waals surface area contributed by atoms with Gasteiger partial charge in [0.1, 0.15) is 12.5 Å². The van der Waals surface area contributed by atoms with E-state index < -0.39 is 0 Å². The highest BCUT2D eigenvalue weighted by atomic mass is 32.2. The second-order valence-corrected chi connectivity index (χ2v) is 13.6. The molecule has 0 radical (unpaired) electrons. The van der Waals surface area contributed by atoms with Crippen LogP contribution in [0.15, 0.2) is 66.9 Å². The number of thioether (sulfide) groups is 1. The molecule has 0 spiro atoms. The lowest BCUT2D eigenvalue weighted by atomic mass is 9.98. The van der Waals surface area contributed by atoms with Crippen LogP contribution >= 0.6 is 11.8 Å². The van der Waals surface area contributed by atoms with Crippen molar-refractivity contribution in [2.24, 2.45) is 0 Å². The van der Waals surface area contributed by atoms with Crippen LogP contribution in [0.4, 0.5) is 11.6 Å². The van der Waals surface area contributed by atoms with Crippen molar-refractivity contribution in [2.45, 2.75) is 38.0 Å². The van der Waals surface area contributed by atoms with E-state index in [2.05, 4.69) is 71.1 Å². The van der Waals surface area contributed by atoms with E-state index in [1.54, 1.807) is 6.20 Å². The van der Waals surface area contributed by atoms with Crippen molar-refractivity contribution in [1.82, 2.24) is 40.2 Å². The zero-order valence-electron chi connectivity index (χ0n) is 29.6. The number of aromatic nitrogens is 6. The molecular formula is C37H46N10O3S. The van der Waals surface area contributed by atoms with Crippen LogP contribution in [0.1, 0.15) is 32.3 Å². The molecule has 3 aromatic heterocycles. The van der Waals surface area contributed by atoms with E-state index in [4.69, 9.17) is 15.3 Å². The number of amides is 1. The van der Waals surface area contributed by atoms with Crippen LogP contribution in [0.5, 0.6) is 5.88 Å². The average Bonchev–Trinajstić information content (AvgIpc) is 3.93. The molecule has 0 bridgehead atoms. The molecule has 14 heteroatoms.